The normalized spacial score (nSPS) is 40.5. The van der Waals surface area contributed by atoms with Crippen molar-refractivity contribution in [3.05, 3.63) is 24.3 Å². The summed E-state index contributed by atoms with van der Waals surface area (Å²) in [5.41, 5.74) is -0.587. The third-order valence-electron chi connectivity index (χ3n) is 4.65. The molecule has 2 fully saturated rings. The van der Waals surface area contributed by atoms with Crippen molar-refractivity contribution in [3.63, 3.8) is 0 Å². The highest BCUT2D eigenvalue weighted by molar-refractivity contribution is 7.89. The summed E-state index contributed by atoms with van der Waals surface area (Å²) in [7, 11) is -3.21. The van der Waals surface area contributed by atoms with Gasteiger partial charge in [0.25, 0.3) is 5.91 Å². The fraction of sp³-hybridized carbons (Fsp3) is 0.571. The molecule has 0 saturated carbocycles. The molecule has 3 aliphatic rings. The van der Waals surface area contributed by atoms with Crippen molar-refractivity contribution in [1.29, 1.82) is 0 Å². The molecule has 3 rings (SSSR count). The van der Waals surface area contributed by atoms with Crippen molar-refractivity contribution < 1.29 is 18.0 Å². The Balaban J connectivity index is 2.16. The molecule has 2 unspecified atom stereocenters. The van der Waals surface area contributed by atoms with Crippen LogP contribution in [0.4, 0.5) is 0 Å². The van der Waals surface area contributed by atoms with E-state index in [1.54, 1.807) is 19.9 Å². The van der Waals surface area contributed by atoms with Gasteiger partial charge in [-0.2, -0.15) is 0 Å². The van der Waals surface area contributed by atoms with Crippen LogP contribution in [-0.2, 0) is 31.6 Å². The average Bonchev–Trinajstić information content (AvgIpc) is 2.89. The zero-order chi connectivity index (χ0) is 16.2. The number of amides is 2. The maximum absolute atomic E-state index is 12.8. The molecule has 2 saturated heterocycles. The standard InChI is InChI=1S/C14H18N2O4S2/c1-4-14-8-7-9-10(21(19)15(5-2)12(9)17)11(14)22(20)16(6-3)13(14)18/h4,7,10-11H,1,5-6,8H2,2-3H3/t10-,11-,14+,21?,22?/m0/s1. The van der Waals surface area contributed by atoms with Crippen molar-refractivity contribution in [1.82, 2.24) is 8.61 Å². The van der Waals surface area contributed by atoms with E-state index in [9.17, 15) is 18.0 Å². The maximum Gasteiger partial charge on any atom is 0.262 e. The van der Waals surface area contributed by atoms with E-state index in [0.717, 1.165) is 0 Å². The second kappa shape index (κ2) is 5.13. The number of hydrogen-bond acceptors (Lipinski definition) is 4. The van der Waals surface area contributed by atoms with Gasteiger partial charge in [0, 0.05) is 18.7 Å². The van der Waals surface area contributed by atoms with Crippen LogP contribution in [0.1, 0.15) is 20.3 Å². The number of hydrogen-bond donors (Lipinski definition) is 0. The minimum absolute atomic E-state index is 0.247. The number of nitrogens with zero attached hydrogens (tertiary/aromatic N) is 2. The van der Waals surface area contributed by atoms with Crippen LogP contribution in [0.25, 0.3) is 0 Å². The van der Waals surface area contributed by atoms with Crippen molar-refractivity contribution in [2.24, 2.45) is 5.41 Å². The first kappa shape index (κ1) is 15.6. The highest BCUT2D eigenvalue weighted by atomic mass is 32.2. The molecule has 120 valence electrons. The lowest BCUT2D eigenvalue weighted by molar-refractivity contribution is -0.132. The Kier molecular flexibility index (Phi) is 3.64. The van der Waals surface area contributed by atoms with Gasteiger partial charge in [-0.05, 0) is 20.3 Å². The molecule has 0 aromatic heterocycles. The first-order valence-corrected chi connectivity index (χ1v) is 9.57. The molecule has 8 heteroatoms. The van der Waals surface area contributed by atoms with Crippen LogP contribution in [0.2, 0.25) is 0 Å². The molecule has 2 heterocycles. The van der Waals surface area contributed by atoms with E-state index in [-0.39, 0.29) is 18.2 Å². The van der Waals surface area contributed by atoms with Crippen LogP contribution in [0.15, 0.2) is 24.3 Å². The molecular weight excluding hydrogens is 324 g/mol. The first-order chi connectivity index (χ1) is 10.4. The van der Waals surface area contributed by atoms with Gasteiger partial charge in [0.1, 0.15) is 27.2 Å². The molecule has 0 aromatic carbocycles. The third-order valence-corrected chi connectivity index (χ3v) is 8.63. The molecule has 0 N–H and O–H groups in total. The van der Waals surface area contributed by atoms with Crippen molar-refractivity contribution >= 4 is 33.8 Å². The van der Waals surface area contributed by atoms with Crippen LogP contribution in [0, 0.1) is 5.41 Å². The first-order valence-electron chi connectivity index (χ1n) is 7.23. The third kappa shape index (κ3) is 1.65. The minimum Gasteiger partial charge on any atom is -0.273 e. The van der Waals surface area contributed by atoms with Crippen LogP contribution in [-0.4, -0.2) is 52.4 Å². The summed E-state index contributed by atoms with van der Waals surface area (Å²) in [6.45, 7) is 7.91. The van der Waals surface area contributed by atoms with Gasteiger partial charge < -0.3 is 0 Å². The quantitative estimate of drug-likeness (QED) is 0.691. The summed E-state index contributed by atoms with van der Waals surface area (Å²) in [4.78, 5) is 25.0. The van der Waals surface area contributed by atoms with Crippen molar-refractivity contribution in [2.45, 2.75) is 30.8 Å². The summed E-state index contributed by atoms with van der Waals surface area (Å²) in [6.07, 6.45) is 3.50. The number of fused-ring (bicyclic) bond motifs is 3. The van der Waals surface area contributed by atoms with Gasteiger partial charge in [0.05, 0.1) is 10.7 Å². The second-order valence-electron chi connectivity index (χ2n) is 5.50. The second-order valence-corrected chi connectivity index (χ2v) is 8.50. The van der Waals surface area contributed by atoms with Gasteiger partial charge in [0.15, 0.2) is 0 Å². The number of allylic oxidation sites excluding steroid dienone is 1. The molecule has 6 nitrogen and oxygen atoms in total. The number of carbonyl (C=O) groups excluding carboxylic acids is 2. The summed E-state index contributed by atoms with van der Waals surface area (Å²) >= 11 is 0. The van der Waals surface area contributed by atoms with Gasteiger partial charge in [-0.1, -0.05) is 12.2 Å². The molecule has 0 spiro atoms. The van der Waals surface area contributed by atoms with Gasteiger partial charge in [-0.3, -0.25) is 18.2 Å². The largest absolute Gasteiger partial charge is 0.273 e. The lowest BCUT2D eigenvalue weighted by Crippen LogP contribution is -2.47. The molecule has 5 atom stereocenters. The SMILES string of the molecule is C=C[C@@]12CC=C3C(=O)N(CC)S(=O)[C@@H]3[C@@H]1S(=O)N(CC)C2=O. The number of carbonyl (C=O) groups is 2. The summed E-state index contributed by atoms with van der Waals surface area (Å²) in [5.74, 6) is -0.522. The maximum atomic E-state index is 12.8. The fourth-order valence-electron chi connectivity index (χ4n) is 3.50. The summed E-state index contributed by atoms with van der Waals surface area (Å²) in [5, 5.41) is -1.38. The highest BCUT2D eigenvalue weighted by Gasteiger charge is 2.65. The Bertz CT molecular complexity index is 659. The van der Waals surface area contributed by atoms with Crippen molar-refractivity contribution in [2.75, 3.05) is 13.1 Å². The van der Waals surface area contributed by atoms with Gasteiger partial charge in [-0.15, -0.1) is 6.58 Å². The zero-order valence-corrected chi connectivity index (χ0v) is 14.1. The monoisotopic (exact) mass is 342 g/mol. The van der Waals surface area contributed by atoms with Crippen LogP contribution < -0.4 is 0 Å². The van der Waals surface area contributed by atoms with Gasteiger partial charge in [-0.25, -0.2) is 8.42 Å². The van der Waals surface area contributed by atoms with Gasteiger partial charge >= 0.3 is 0 Å². The van der Waals surface area contributed by atoms with E-state index < -0.39 is 37.9 Å². The Morgan fingerprint density at radius 3 is 2.45 bits per heavy atom. The number of likely N-dealkylation sites (N-methyl/N-ethyl adjacent to an activating group) is 1. The van der Waals surface area contributed by atoms with E-state index >= 15 is 0 Å². The Morgan fingerprint density at radius 2 is 1.91 bits per heavy atom. The molecule has 0 radical (unpaired) electrons. The molecule has 0 aromatic rings. The van der Waals surface area contributed by atoms with Gasteiger partial charge in [0.2, 0.25) is 5.91 Å². The zero-order valence-electron chi connectivity index (χ0n) is 12.5. The summed E-state index contributed by atoms with van der Waals surface area (Å²) < 4.78 is 28.1. The van der Waals surface area contributed by atoms with Crippen LogP contribution in [0.5, 0.6) is 0 Å². The average molecular weight is 342 g/mol. The Labute approximate surface area is 134 Å². The van der Waals surface area contributed by atoms with E-state index in [2.05, 4.69) is 6.58 Å². The molecular formula is C14H18N2O4S2. The minimum atomic E-state index is -1.61. The lowest BCUT2D eigenvalue weighted by Gasteiger charge is -2.33. The molecule has 1 aliphatic carbocycles. The Morgan fingerprint density at radius 1 is 1.27 bits per heavy atom. The van der Waals surface area contributed by atoms with Crippen LogP contribution >= 0.6 is 0 Å². The van der Waals surface area contributed by atoms with E-state index in [0.29, 0.717) is 18.7 Å². The van der Waals surface area contributed by atoms with E-state index in [1.165, 1.54) is 14.7 Å². The molecule has 2 amide bonds. The van der Waals surface area contributed by atoms with E-state index in [1.807, 2.05) is 0 Å². The van der Waals surface area contributed by atoms with Crippen LogP contribution in [0.3, 0.4) is 0 Å². The topological polar surface area (TPSA) is 74.8 Å². The highest BCUT2D eigenvalue weighted by Crippen LogP contribution is 2.50. The fourth-order valence-corrected chi connectivity index (χ4v) is 7.61. The van der Waals surface area contributed by atoms with Crippen molar-refractivity contribution in [3.8, 4) is 0 Å². The Hall–Kier alpha value is -1.28. The molecule has 22 heavy (non-hydrogen) atoms. The lowest BCUT2D eigenvalue weighted by atomic mass is 9.73. The summed E-state index contributed by atoms with van der Waals surface area (Å²) in [6, 6.07) is 0. The molecule has 0 bridgehead atoms. The smallest absolute Gasteiger partial charge is 0.262 e. The predicted molar refractivity (Wildman–Crippen MR) is 84.0 cm³/mol. The number of rotatable bonds is 3. The van der Waals surface area contributed by atoms with E-state index in [4.69, 9.17) is 0 Å². The molecule has 2 aliphatic heterocycles. The predicted octanol–water partition coefficient (Wildman–Crippen LogP) is 0.278.